The van der Waals surface area contributed by atoms with Crippen molar-refractivity contribution in [2.24, 2.45) is 0 Å². The average Bonchev–Trinajstić information content (AvgIpc) is 2.16. The van der Waals surface area contributed by atoms with Crippen molar-refractivity contribution in [2.45, 2.75) is 26.2 Å². The first-order chi connectivity index (χ1) is 6.90. The summed E-state index contributed by atoms with van der Waals surface area (Å²) in [5.41, 5.74) is 0.883. The Morgan fingerprint density at radius 1 is 1.13 bits per heavy atom. The molecule has 15 heavy (non-hydrogen) atoms. The predicted molar refractivity (Wildman–Crippen MR) is 56.2 cm³/mol. The van der Waals surface area contributed by atoms with Crippen LogP contribution < -0.4 is 0 Å². The highest BCUT2D eigenvalue weighted by atomic mass is 16.3. The number of nitriles is 2. The van der Waals surface area contributed by atoms with Gasteiger partial charge in [-0.2, -0.15) is 10.5 Å². The van der Waals surface area contributed by atoms with Crippen LogP contribution in [0.25, 0.3) is 0 Å². The number of rotatable bonds is 0. The molecule has 3 heteroatoms. The molecule has 0 saturated carbocycles. The summed E-state index contributed by atoms with van der Waals surface area (Å²) < 4.78 is 0. The van der Waals surface area contributed by atoms with Gasteiger partial charge in [-0.05, 0) is 17.5 Å². The van der Waals surface area contributed by atoms with Crippen molar-refractivity contribution in [3.63, 3.8) is 0 Å². The van der Waals surface area contributed by atoms with Crippen LogP contribution in [0.2, 0.25) is 0 Å². The van der Waals surface area contributed by atoms with E-state index in [2.05, 4.69) is 0 Å². The van der Waals surface area contributed by atoms with E-state index in [1.165, 1.54) is 6.07 Å². The van der Waals surface area contributed by atoms with E-state index in [1.54, 1.807) is 6.07 Å². The second-order valence-electron chi connectivity index (χ2n) is 4.39. The van der Waals surface area contributed by atoms with Crippen LogP contribution in [0.15, 0.2) is 12.1 Å². The SMILES string of the molecule is CC(C)(C)c1cc(C#N)cc(C#N)c1O. The number of benzene rings is 1. The van der Waals surface area contributed by atoms with E-state index in [1.807, 2.05) is 32.9 Å². The van der Waals surface area contributed by atoms with Crippen molar-refractivity contribution < 1.29 is 5.11 Å². The third-order valence-electron chi connectivity index (χ3n) is 2.17. The molecule has 0 aliphatic heterocycles. The molecule has 3 nitrogen and oxygen atoms in total. The minimum Gasteiger partial charge on any atom is -0.506 e. The second kappa shape index (κ2) is 3.63. The van der Waals surface area contributed by atoms with E-state index in [-0.39, 0.29) is 16.7 Å². The van der Waals surface area contributed by atoms with Gasteiger partial charge in [-0.1, -0.05) is 20.8 Å². The first kappa shape index (κ1) is 11.1. The largest absolute Gasteiger partial charge is 0.506 e. The van der Waals surface area contributed by atoms with Crippen molar-refractivity contribution in [3.8, 4) is 17.9 Å². The highest BCUT2D eigenvalue weighted by Crippen LogP contribution is 2.33. The van der Waals surface area contributed by atoms with Gasteiger partial charge in [-0.25, -0.2) is 0 Å². The van der Waals surface area contributed by atoms with Crippen LogP contribution in [0.3, 0.4) is 0 Å². The van der Waals surface area contributed by atoms with Crippen molar-refractivity contribution in [1.82, 2.24) is 0 Å². The summed E-state index contributed by atoms with van der Waals surface area (Å²) in [5.74, 6) is -0.0241. The fraction of sp³-hybridized carbons (Fsp3) is 0.333. The molecular formula is C12H12N2O. The van der Waals surface area contributed by atoms with Gasteiger partial charge in [0.15, 0.2) is 0 Å². The van der Waals surface area contributed by atoms with Crippen molar-refractivity contribution in [2.75, 3.05) is 0 Å². The van der Waals surface area contributed by atoms with Crippen molar-refractivity contribution >= 4 is 0 Å². The van der Waals surface area contributed by atoms with E-state index in [0.717, 1.165) is 0 Å². The molecule has 76 valence electrons. The summed E-state index contributed by atoms with van der Waals surface area (Å²) in [4.78, 5) is 0. The Hall–Kier alpha value is -2.00. The Balaban J connectivity index is 3.55. The lowest BCUT2D eigenvalue weighted by atomic mass is 9.84. The van der Waals surface area contributed by atoms with Crippen molar-refractivity contribution in [3.05, 3.63) is 28.8 Å². The summed E-state index contributed by atoms with van der Waals surface area (Å²) in [6.45, 7) is 5.76. The summed E-state index contributed by atoms with van der Waals surface area (Å²) in [7, 11) is 0. The first-order valence-electron chi connectivity index (χ1n) is 4.58. The molecule has 0 atom stereocenters. The van der Waals surface area contributed by atoms with E-state index >= 15 is 0 Å². The second-order valence-corrected chi connectivity index (χ2v) is 4.39. The molecule has 0 amide bonds. The fourth-order valence-electron chi connectivity index (χ4n) is 1.36. The maximum absolute atomic E-state index is 9.81. The van der Waals surface area contributed by atoms with Crippen LogP contribution in [0.4, 0.5) is 0 Å². The Bertz CT molecular complexity index is 470. The van der Waals surface area contributed by atoms with Crippen molar-refractivity contribution in [1.29, 1.82) is 10.5 Å². The van der Waals surface area contributed by atoms with Gasteiger partial charge in [0.05, 0.1) is 17.2 Å². The number of aromatic hydroxyl groups is 1. The lowest BCUT2D eigenvalue weighted by Gasteiger charge is -2.21. The highest BCUT2D eigenvalue weighted by molar-refractivity contribution is 5.54. The Labute approximate surface area is 89.2 Å². The van der Waals surface area contributed by atoms with Gasteiger partial charge in [0.25, 0.3) is 0 Å². The zero-order valence-electron chi connectivity index (χ0n) is 9.00. The van der Waals surface area contributed by atoms with Gasteiger partial charge in [-0.15, -0.1) is 0 Å². The Kier molecular flexibility index (Phi) is 2.68. The molecule has 1 aromatic carbocycles. The number of nitrogens with zero attached hydrogens (tertiary/aromatic N) is 2. The lowest BCUT2D eigenvalue weighted by molar-refractivity contribution is 0.445. The van der Waals surface area contributed by atoms with Gasteiger partial charge in [0, 0.05) is 5.56 Å². The maximum Gasteiger partial charge on any atom is 0.137 e. The first-order valence-corrected chi connectivity index (χ1v) is 4.58. The smallest absolute Gasteiger partial charge is 0.137 e. The number of hydrogen-bond donors (Lipinski definition) is 1. The molecule has 0 aliphatic rings. The lowest BCUT2D eigenvalue weighted by Crippen LogP contribution is -2.12. The molecule has 1 aromatic rings. The van der Waals surface area contributed by atoms with Crippen LogP contribution in [-0.2, 0) is 5.41 Å². The van der Waals surface area contributed by atoms with Gasteiger partial charge in [0.2, 0.25) is 0 Å². The van der Waals surface area contributed by atoms with Gasteiger partial charge in [0.1, 0.15) is 11.8 Å². The van der Waals surface area contributed by atoms with E-state index in [9.17, 15) is 5.11 Å². The van der Waals surface area contributed by atoms with Gasteiger partial charge in [-0.3, -0.25) is 0 Å². The van der Waals surface area contributed by atoms with Crippen LogP contribution in [0.1, 0.15) is 37.5 Å². The quantitative estimate of drug-likeness (QED) is 0.699. The average molecular weight is 200 g/mol. The molecule has 0 fully saturated rings. The standard InChI is InChI=1S/C12H12N2O/c1-12(2,3)10-5-8(6-13)4-9(7-14)11(10)15/h4-5,15H,1-3H3. The van der Waals surface area contributed by atoms with Crippen LogP contribution in [0, 0.1) is 22.7 Å². The molecule has 0 spiro atoms. The van der Waals surface area contributed by atoms with Crippen LogP contribution in [0.5, 0.6) is 5.75 Å². The van der Waals surface area contributed by atoms with Gasteiger partial charge >= 0.3 is 0 Å². The fourth-order valence-corrected chi connectivity index (χ4v) is 1.36. The molecule has 0 radical (unpaired) electrons. The maximum atomic E-state index is 9.81. The zero-order valence-corrected chi connectivity index (χ0v) is 9.00. The molecule has 0 saturated heterocycles. The normalized spacial score (nSPS) is 10.5. The summed E-state index contributed by atoms with van der Waals surface area (Å²) in [6.07, 6.45) is 0. The molecule has 0 heterocycles. The topological polar surface area (TPSA) is 67.8 Å². The third-order valence-corrected chi connectivity index (χ3v) is 2.17. The van der Waals surface area contributed by atoms with Crippen LogP contribution >= 0.6 is 0 Å². The predicted octanol–water partition coefficient (Wildman–Crippen LogP) is 2.43. The zero-order chi connectivity index (χ0) is 11.6. The highest BCUT2D eigenvalue weighted by Gasteiger charge is 2.21. The Morgan fingerprint density at radius 2 is 1.73 bits per heavy atom. The van der Waals surface area contributed by atoms with E-state index in [4.69, 9.17) is 10.5 Å². The molecule has 0 aromatic heterocycles. The molecule has 1 N–H and O–H groups in total. The number of phenolic OH excluding ortho intramolecular Hbond substituents is 1. The number of phenols is 1. The molecule has 0 unspecified atom stereocenters. The monoisotopic (exact) mass is 200 g/mol. The molecule has 0 bridgehead atoms. The van der Waals surface area contributed by atoms with E-state index in [0.29, 0.717) is 11.1 Å². The van der Waals surface area contributed by atoms with Gasteiger partial charge < -0.3 is 5.11 Å². The Morgan fingerprint density at radius 3 is 2.13 bits per heavy atom. The minimum atomic E-state index is -0.289. The number of hydrogen-bond acceptors (Lipinski definition) is 3. The van der Waals surface area contributed by atoms with Crippen LogP contribution in [-0.4, -0.2) is 5.11 Å². The molecular weight excluding hydrogens is 188 g/mol. The third kappa shape index (κ3) is 2.08. The summed E-state index contributed by atoms with van der Waals surface area (Å²) in [6, 6.07) is 6.88. The summed E-state index contributed by atoms with van der Waals surface area (Å²) >= 11 is 0. The molecule has 1 rings (SSSR count). The summed E-state index contributed by atoms with van der Waals surface area (Å²) in [5, 5.41) is 27.4. The minimum absolute atomic E-state index is 0.0241. The molecule has 0 aliphatic carbocycles. The van der Waals surface area contributed by atoms with E-state index < -0.39 is 0 Å².